The third kappa shape index (κ3) is 47.1. The largest absolute Gasteiger partial charge is 0.461 e. The van der Waals surface area contributed by atoms with Crippen LogP contribution in [0, 0.1) is 0 Å². The monoisotopic (exact) mass is 904 g/mol. The summed E-state index contributed by atoms with van der Waals surface area (Å²) in [6.45, 7) is 6.29. The number of aliphatic hydroxyl groups excluding tert-OH is 2. The molecule has 0 bridgehead atoms. The quantitative estimate of drug-likeness (QED) is 0.0245. The minimum absolute atomic E-state index is 0.0130. The second-order valence-corrected chi connectivity index (χ2v) is 18.0. The van der Waals surface area contributed by atoms with Crippen LogP contribution in [0.2, 0.25) is 0 Å². The summed E-state index contributed by atoms with van der Waals surface area (Å²) >= 11 is 0. The smallest absolute Gasteiger partial charge is 0.306 e. The molecule has 0 heterocycles. The van der Waals surface area contributed by atoms with Gasteiger partial charge in [0.2, 0.25) is 5.91 Å². The molecule has 0 aliphatic carbocycles. The van der Waals surface area contributed by atoms with Crippen molar-refractivity contribution in [1.82, 2.24) is 5.32 Å². The Kier molecular flexibility index (Phi) is 49.2. The van der Waals surface area contributed by atoms with Crippen molar-refractivity contribution < 1.29 is 24.5 Å². The number of allylic oxidation sites excluding steroid dienone is 15. The molecule has 3 atom stereocenters. The lowest BCUT2D eigenvalue weighted by atomic mass is 10.0. The first kappa shape index (κ1) is 61.8. The van der Waals surface area contributed by atoms with Gasteiger partial charge in [0.1, 0.15) is 6.10 Å². The van der Waals surface area contributed by atoms with E-state index in [2.05, 4.69) is 92.9 Å². The van der Waals surface area contributed by atoms with Crippen molar-refractivity contribution in [3.63, 3.8) is 0 Å². The van der Waals surface area contributed by atoms with Gasteiger partial charge in [-0.05, 0) is 64.2 Å². The zero-order valence-corrected chi connectivity index (χ0v) is 42.3. The number of esters is 1. The van der Waals surface area contributed by atoms with E-state index in [1.807, 2.05) is 30.4 Å². The van der Waals surface area contributed by atoms with E-state index >= 15 is 0 Å². The Labute approximate surface area is 401 Å². The van der Waals surface area contributed by atoms with Gasteiger partial charge in [0.15, 0.2) is 0 Å². The number of nitrogens with one attached hydrogen (secondary N) is 1. The Morgan fingerprint density at radius 2 is 0.923 bits per heavy atom. The fourth-order valence-corrected chi connectivity index (χ4v) is 7.66. The Bertz CT molecular complexity index is 1290. The van der Waals surface area contributed by atoms with Gasteiger partial charge in [-0.3, -0.25) is 9.59 Å². The lowest BCUT2D eigenvalue weighted by Crippen LogP contribution is -2.46. The number of unbranched alkanes of at least 4 members (excludes halogenated alkanes) is 23. The van der Waals surface area contributed by atoms with Crippen LogP contribution in [0.1, 0.15) is 239 Å². The van der Waals surface area contributed by atoms with Crippen molar-refractivity contribution in [3.05, 3.63) is 97.2 Å². The SMILES string of the molecule is CC/C=C/C=C/C=C/C=C\CCCCCCCC(=O)OC(C/C=C\C/C=C\C/C=C\C/C=C\CCCCC)CC(=O)NC(CO)C(O)CCCCCCCCCCCCCCCCCC. The fraction of sp³-hybridized carbons (Fsp3) is 0.695. The lowest BCUT2D eigenvalue weighted by molar-refractivity contribution is -0.150. The fourth-order valence-electron chi connectivity index (χ4n) is 7.66. The summed E-state index contributed by atoms with van der Waals surface area (Å²) in [4.78, 5) is 26.2. The van der Waals surface area contributed by atoms with Crippen molar-refractivity contribution in [2.75, 3.05) is 6.61 Å². The Morgan fingerprint density at radius 1 is 0.492 bits per heavy atom. The van der Waals surface area contributed by atoms with E-state index in [9.17, 15) is 19.8 Å². The molecule has 0 aromatic carbocycles. The zero-order valence-electron chi connectivity index (χ0n) is 42.3. The summed E-state index contributed by atoms with van der Waals surface area (Å²) in [5, 5.41) is 23.8. The number of ether oxygens (including phenoxy) is 1. The molecule has 0 spiro atoms. The van der Waals surface area contributed by atoms with Gasteiger partial charge in [-0.2, -0.15) is 0 Å². The average Bonchev–Trinajstić information content (AvgIpc) is 3.30. The maximum atomic E-state index is 13.2. The van der Waals surface area contributed by atoms with E-state index in [1.165, 1.54) is 109 Å². The van der Waals surface area contributed by atoms with Gasteiger partial charge in [0.25, 0.3) is 0 Å². The van der Waals surface area contributed by atoms with Gasteiger partial charge in [0.05, 0.1) is 25.2 Å². The predicted octanol–water partition coefficient (Wildman–Crippen LogP) is 16.5. The molecule has 0 aromatic rings. The van der Waals surface area contributed by atoms with Gasteiger partial charge in [-0.25, -0.2) is 0 Å². The van der Waals surface area contributed by atoms with Crippen molar-refractivity contribution in [2.24, 2.45) is 0 Å². The second kappa shape index (κ2) is 51.8. The number of hydrogen-bond donors (Lipinski definition) is 3. The molecule has 372 valence electrons. The third-order valence-corrected chi connectivity index (χ3v) is 11.7. The van der Waals surface area contributed by atoms with Crippen LogP contribution in [0.5, 0.6) is 0 Å². The van der Waals surface area contributed by atoms with Crippen molar-refractivity contribution in [1.29, 1.82) is 0 Å². The molecule has 0 saturated carbocycles. The van der Waals surface area contributed by atoms with Crippen LogP contribution >= 0.6 is 0 Å². The minimum atomic E-state index is -0.821. The van der Waals surface area contributed by atoms with E-state index < -0.39 is 18.2 Å². The van der Waals surface area contributed by atoms with E-state index in [0.29, 0.717) is 19.3 Å². The summed E-state index contributed by atoms with van der Waals surface area (Å²) in [6, 6.07) is -0.742. The van der Waals surface area contributed by atoms with Crippen LogP contribution < -0.4 is 5.32 Å². The van der Waals surface area contributed by atoms with Gasteiger partial charge < -0.3 is 20.3 Å². The zero-order chi connectivity index (χ0) is 47.4. The highest BCUT2D eigenvalue weighted by atomic mass is 16.5. The van der Waals surface area contributed by atoms with Crippen LogP contribution in [0.25, 0.3) is 0 Å². The normalized spacial score (nSPS) is 14.0. The van der Waals surface area contributed by atoms with E-state index in [1.54, 1.807) is 0 Å². The molecule has 1 amide bonds. The van der Waals surface area contributed by atoms with E-state index in [0.717, 1.165) is 83.5 Å². The number of hydrogen-bond acceptors (Lipinski definition) is 5. The Hall–Kier alpha value is -3.22. The van der Waals surface area contributed by atoms with Crippen LogP contribution in [0.15, 0.2) is 97.2 Å². The molecule has 0 aromatic heterocycles. The maximum Gasteiger partial charge on any atom is 0.306 e. The topological polar surface area (TPSA) is 95.9 Å². The van der Waals surface area contributed by atoms with Crippen LogP contribution in [-0.2, 0) is 14.3 Å². The summed E-state index contributed by atoms with van der Waals surface area (Å²) in [7, 11) is 0. The highest BCUT2D eigenvalue weighted by molar-refractivity contribution is 5.77. The van der Waals surface area contributed by atoms with Crippen molar-refractivity contribution in [3.8, 4) is 0 Å². The van der Waals surface area contributed by atoms with Crippen LogP contribution in [0.4, 0.5) is 0 Å². The van der Waals surface area contributed by atoms with Crippen LogP contribution in [-0.4, -0.2) is 46.9 Å². The first-order chi connectivity index (χ1) is 32.0. The maximum absolute atomic E-state index is 13.2. The average molecular weight is 904 g/mol. The Balaban J connectivity index is 4.72. The molecular weight excluding hydrogens is 803 g/mol. The highest BCUT2D eigenvalue weighted by Gasteiger charge is 2.23. The molecule has 3 unspecified atom stereocenters. The number of amides is 1. The highest BCUT2D eigenvalue weighted by Crippen LogP contribution is 2.16. The molecule has 0 aliphatic heterocycles. The number of carbonyl (C=O) groups excluding carboxylic acids is 2. The van der Waals surface area contributed by atoms with Crippen molar-refractivity contribution >= 4 is 11.9 Å². The van der Waals surface area contributed by atoms with Gasteiger partial charge in [-0.15, -0.1) is 0 Å². The van der Waals surface area contributed by atoms with Gasteiger partial charge >= 0.3 is 5.97 Å². The summed E-state index contributed by atoms with van der Waals surface area (Å²) in [5.74, 6) is -0.608. The number of aliphatic hydroxyl groups is 2. The second-order valence-electron chi connectivity index (χ2n) is 18.0. The Morgan fingerprint density at radius 3 is 1.48 bits per heavy atom. The van der Waals surface area contributed by atoms with E-state index in [-0.39, 0.29) is 24.9 Å². The molecule has 3 N–H and O–H groups in total. The molecule has 6 nitrogen and oxygen atoms in total. The summed E-state index contributed by atoms with van der Waals surface area (Å²) in [6.07, 6.45) is 69.1. The predicted molar refractivity (Wildman–Crippen MR) is 282 cm³/mol. The molecule has 0 rings (SSSR count). The summed E-state index contributed by atoms with van der Waals surface area (Å²) in [5.41, 5.74) is 0. The van der Waals surface area contributed by atoms with Gasteiger partial charge in [0, 0.05) is 12.8 Å². The van der Waals surface area contributed by atoms with E-state index in [4.69, 9.17) is 4.74 Å². The molecule has 65 heavy (non-hydrogen) atoms. The molecule has 0 radical (unpaired) electrons. The minimum Gasteiger partial charge on any atom is -0.461 e. The number of carbonyl (C=O) groups is 2. The van der Waals surface area contributed by atoms with Crippen LogP contribution in [0.3, 0.4) is 0 Å². The molecule has 0 saturated heterocycles. The molecule has 0 fully saturated rings. The summed E-state index contributed by atoms with van der Waals surface area (Å²) < 4.78 is 5.87. The molecule has 0 aliphatic rings. The molecule has 6 heteroatoms. The first-order valence-corrected chi connectivity index (χ1v) is 27.0. The van der Waals surface area contributed by atoms with Crippen molar-refractivity contribution in [2.45, 2.75) is 257 Å². The third-order valence-electron chi connectivity index (χ3n) is 11.7. The standard InChI is InChI=1S/C59H101NO5/c1-4-7-10-13-16-19-22-25-28-31-33-36-39-42-45-48-51-57(62)56(54-61)60-58(63)53-55(50-47-44-41-38-35-32-29-26-23-20-17-14-11-8-5-2)65-59(64)52-49-46-43-40-37-34-30-27-24-21-18-15-12-9-6-3/h9,12,15,17-18,20-21,24,26-27,29-30,35,38,44,47,55-57,61-62H,4-8,10-11,13-14,16,19,22-23,25,28,31-34,36-37,39-43,45-46,48-54H2,1-3H3,(H,60,63)/b12-9+,18-15+,20-17-,24-21+,29-26-,30-27-,38-35-,47-44-. The number of rotatable bonds is 47. The lowest BCUT2D eigenvalue weighted by Gasteiger charge is -2.24. The van der Waals surface area contributed by atoms with Gasteiger partial charge in [-0.1, -0.05) is 253 Å². The molecular formula is C59H101NO5. The first-order valence-electron chi connectivity index (χ1n) is 27.0.